The van der Waals surface area contributed by atoms with Crippen LogP contribution in [0.15, 0.2) is 6.07 Å². The lowest BCUT2D eigenvalue weighted by Gasteiger charge is -2.16. The Kier molecular flexibility index (Phi) is 4.43. The zero-order chi connectivity index (χ0) is 12.3. The van der Waals surface area contributed by atoms with Crippen LogP contribution in [0.4, 0.5) is 0 Å². The first-order chi connectivity index (χ1) is 7.47. The third-order valence-electron chi connectivity index (χ3n) is 2.22. The number of carboxylic acids is 1. The van der Waals surface area contributed by atoms with Gasteiger partial charge in [-0.25, -0.2) is 4.79 Å². The largest absolute Gasteiger partial charge is 0.477 e. The number of carboxylic acid groups (broad SMARTS) is 1. The van der Waals surface area contributed by atoms with Gasteiger partial charge in [-0.05, 0) is 25.0 Å². The Bertz CT molecular complexity index is 373. The van der Waals surface area contributed by atoms with E-state index in [-0.39, 0.29) is 17.9 Å². The predicted molar refractivity (Wildman–Crippen MR) is 58.7 cm³/mol. The van der Waals surface area contributed by atoms with Crippen molar-refractivity contribution in [3.63, 3.8) is 0 Å². The van der Waals surface area contributed by atoms with Gasteiger partial charge in [-0.3, -0.25) is 0 Å². The quantitative estimate of drug-likeness (QED) is 0.607. The number of aromatic carboxylic acids is 1. The van der Waals surface area contributed by atoms with Gasteiger partial charge in [0, 0.05) is 11.5 Å². The highest BCUT2D eigenvalue weighted by atomic mass is 32.1. The van der Waals surface area contributed by atoms with Crippen molar-refractivity contribution in [2.45, 2.75) is 25.6 Å². The van der Waals surface area contributed by atoms with Crippen molar-refractivity contribution in [3.8, 4) is 0 Å². The van der Waals surface area contributed by atoms with Gasteiger partial charge < -0.3 is 20.4 Å². The Morgan fingerprint density at radius 3 is 2.56 bits per heavy atom. The number of thiophene rings is 1. The highest BCUT2D eigenvalue weighted by Gasteiger charge is 2.23. The van der Waals surface area contributed by atoms with Gasteiger partial charge in [0.2, 0.25) is 0 Å². The summed E-state index contributed by atoms with van der Waals surface area (Å²) in [4.78, 5) is 11.3. The van der Waals surface area contributed by atoms with Crippen LogP contribution in [0.1, 0.15) is 32.6 Å². The Morgan fingerprint density at radius 2 is 2.12 bits per heavy atom. The molecule has 5 nitrogen and oxygen atoms in total. The minimum Gasteiger partial charge on any atom is -0.477 e. The molecule has 2 unspecified atom stereocenters. The second-order valence-electron chi connectivity index (χ2n) is 3.49. The first-order valence-corrected chi connectivity index (χ1v) is 5.59. The summed E-state index contributed by atoms with van der Waals surface area (Å²) in [6.07, 6.45) is -2.17. The molecule has 0 bridgehead atoms. The molecule has 1 rings (SSSR count). The maximum atomic E-state index is 10.7. The lowest BCUT2D eigenvalue weighted by atomic mass is 10.1. The van der Waals surface area contributed by atoms with E-state index in [0.717, 1.165) is 11.3 Å². The molecule has 90 valence electrons. The van der Waals surface area contributed by atoms with Gasteiger partial charge in [0.05, 0.1) is 6.10 Å². The van der Waals surface area contributed by atoms with Gasteiger partial charge in [0.1, 0.15) is 11.0 Å². The van der Waals surface area contributed by atoms with Crippen molar-refractivity contribution < 1.29 is 25.2 Å². The Hall–Kier alpha value is -0.950. The summed E-state index contributed by atoms with van der Waals surface area (Å²) in [6.45, 7) is 1.45. The van der Waals surface area contributed by atoms with Crippen molar-refractivity contribution in [1.82, 2.24) is 0 Å². The highest BCUT2D eigenvalue weighted by molar-refractivity contribution is 7.14. The molecule has 1 aromatic heterocycles. The number of hydrogen-bond acceptors (Lipinski definition) is 5. The van der Waals surface area contributed by atoms with Crippen LogP contribution in [0, 0.1) is 6.92 Å². The molecular weight excluding hydrogens is 232 g/mol. The molecule has 16 heavy (non-hydrogen) atoms. The molecular formula is C10H14O5S. The molecule has 1 aromatic rings. The van der Waals surface area contributed by atoms with Crippen molar-refractivity contribution in [2.75, 3.05) is 6.61 Å². The van der Waals surface area contributed by atoms with E-state index in [1.165, 1.54) is 6.07 Å². The second-order valence-corrected chi connectivity index (χ2v) is 4.57. The first-order valence-electron chi connectivity index (χ1n) is 4.78. The topological polar surface area (TPSA) is 98.0 Å². The molecule has 0 aromatic carbocycles. The lowest BCUT2D eigenvalue weighted by molar-refractivity contribution is 0.00587. The van der Waals surface area contributed by atoms with Crippen LogP contribution in [0.25, 0.3) is 0 Å². The molecule has 0 aliphatic heterocycles. The van der Waals surface area contributed by atoms with Gasteiger partial charge in [-0.2, -0.15) is 0 Å². The molecule has 0 saturated heterocycles. The first kappa shape index (κ1) is 13.1. The predicted octanol–water partition coefficient (Wildman–Crippen LogP) is 0.531. The van der Waals surface area contributed by atoms with Crippen LogP contribution < -0.4 is 0 Å². The van der Waals surface area contributed by atoms with E-state index < -0.39 is 18.2 Å². The normalized spacial score (nSPS) is 14.8. The number of aliphatic hydroxyl groups excluding tert-OH is 3. The van der Waals surface area contributed by atoms with Crippen LogP contribution >= 0.6 is 11.3 Å². The van der Waals surface area contributed by atoms with E-state index in [9.17, 15) is 15.0 Å². The molecule has 2 atom stereocenters. The molecule has 0 amide bonds. The van der Waals surface area contributed by atoms with Crippen LogP contribution in [-0.4, -0.2) is 39.1 Å². The summed E-state index contributed by atoms with van der Waals surface area (Å²) >= 11 is 0.939. The zero-order valence-electron chi connectivity index (χ0n) is 8.75. The maximum Gasteiger partial charge on any atom is 0.345 e. The number of aliphatic hydroxyl groups is 3. The third kappa shape index (κ3) is 2.79. The summed E-state index contributed by atoms with van der Waals surface area (Å²) in [5.74, 6) is -1.05. The fourth-order valence-corrected chi connectivity index (χ4v) is 2.42. The van der Waals surface area contributed by atoms with Crippen molar-refractivity contribution >= 4 is 17.3 Å². The molecule has 0 radical (unpaired) electrons. The average molecular weight is 246 g/mol. The van der Waals surface area contributed by atoms with Crippen LogP contribution in [-0.2, 0) is 0 Å². The minimum absolute atomic E-state index is 0.0565. The van der Waals surface area contributed by atoms with Gasteiger partial charge in [-0.15, -0.1) is 11.3 Å². The van der Waals surface area contributed by atoms with E-state index in [1.54, 1.807) is 6.92 Å². The Balaban J connectivity index is 2.90. The van der Waals surface area contributed by atoms with Crippen LogP contribution in [0.2, 0.25) is 0 Å². The number of hydrogen-bond donors (Lipinski definition) is 4. The van der Waals surface area contributed by atoms with E-state index in [0.29, 0.717) is 10.4 Å². The number of aryl methyl sites for hydroxylation is 1. The SMILES string of the molecule is Cc1cc(C(=O)O)sc1C(O)C(O)CCO. The average Bonchev–Trinajstić information content (AvgIpc) is 2.60. The third-order valence-corrected chi connectivity index (χ3v) is 3.52. The van der Waals surface area contributed by atoms with E-state index in [1.807, 2.05) is 0 Å². The molecule has 0 saturated carbocycles. The molecule has 4 N–H and O–H groups in total. The van der Waals surface area contributed by atoms with Crippen molar-refractivity contribution in [2.24, 2.45) is 0 Å². The monoisotopic (exact) mass is 246 g/mol. The smallest absolute Gasteiger partial charge is 0.345 e. The Labute approximate surface area is 96.6 Å². The summed E-state index contributed by atoms with van der Waals surface area (Å²) in [6, 6.07) is 1.46. The van der Waals surface area contributed by atoms with Gasteiger partial charge in [0.15, 0.2) is 0 Å². The van der Waals surface area contributed by atoms with E-state index >= 15 is 0 Å². The lowest BCUT2D eigenvalue weighted by Crippen LogP contribution is -2.19. The van der Waals surface area contributed by atoms with Crippen molar-refractivity contribution in [1.29, 1.82) is 0 Å². The Morgan fingerprint density at radius 1 is 1.50 bits per heavy atom. The van der Waals surface area contributed by atoms with E-state index in [2.05, 4.69) is 0 Å². The molecule has 0 aliphatic rings. The second kappa shape index (κ2) is 5.40. The van der Waals surface area contributed by atoms with Crippen molar-refractivity contribution in [3.05, 3.63) is 21.4 Å². The van der Waals surface area contributed by atoms with E-state index in [4.69, 9.17) is 10.2 Å². The fraction of sp³-hybridized carbons (Fsp3) is 0.500. The highest BCUT2D eigenvalue weighted by Crippen LogP contribution is 2.30. The zero-order valence-corrected chi connectivity index (χ0v) is 9.57. The fourth-order valence-electron chi connectivity index (χ4n) is 1.36. The molecule has 0 fully saturated rings. The molecule has 6 heteroatoms. The molecule has 1 heterocycles. The van der Waals surface area contributed by atoms with Gasteiger partial charge >= 0.3 is 5.97 Å². The summed E-state index contributed by atoms with van der Waals surface area (Å²) < 4.78 is 0. The number of rotatable bonds is 5. The van der Waals surface area contributed by atoms with Crippen LogP contribution in [0.5, 0.6) is 0 Å². The molecule has 0 aliphatic carbocycles. The van der Waals surface area contributed by atoms with Crippen LogP contribution in [0.3, 0.4) is 0 Å². The summed E-state index contributed by atoms with van der Waals surface area (Å²) in [7, 11) is 0. The minimum atomic E-state index is -1.15. The summed E-state index contributed by atoms with van der Waals surface area (Å²) in [5, 5.41) is 36.7. The summed E-state index contributed by atoms with van der Waals surface area (Å²) in [5.41, 5.74) is 0.631. The van der Waals surface area contributed by atoms with Gasteiger partial charge in [0.25, 0.3) is 0 Å². The molecule has 0 spiro atoms. The number of carbonyl (C=O) groups is 1. The standard InChI is InChI=1S/C10H14O5S/c1-5-4-7(10(14)15)16-9(5)8(13)6(12)2-3-11/h4,6,8,11-13H,2-3H2,1H3,(H,14,15). The van der Waals surface area contributed by atoms with Gasteiger partial charge in [-0.1, -0.05) is 0 Å². The maximum absolute atomic E-state index is 10.7.